The molecule has 84 valence electrons. The average Bonchev–Trinajstić information content (AvgIpc) is 2.76. The fourth-order valence-electron chi connectivity index (χ4n) is 1.77. The lowest BCUT2D eigenvalue weighted by Gasteiger charge is -2.19. The van der Waals surface area contributed by atoms with Crippen molar-refractivity contribution in [2.24, 2.45) is 0 Å². The molecule has 1 saturated heterocycles. The lowest BCUT2D eigenvalue weighted by atomic mass is 10.0. The third-order valence-electron chi connectivity index (χ3n) is 2.63. The van der Waals surface area contributed by atoms with E-state index in [-0.39, 0.29) is 0 Å². The summed E-state index contributed by atoms with van der Waals surface area (Å²) < 4.78 is 5.21. The first-order chi connectivity index (χ1) is 7.40. The highest BCUT2D eigenvalue weighted by Gasteiger charge is 2.19. The maximum Gasteiger partial charge on any atom is 0.227 e. The maximum absolute atomic E-state index is 5.21. The van der Waals surface area contributed by atoms with E-state index in [1.165, 1.54) is 12.8 Å². The number of hydrogen-bond acceptors (Lipinski definition) is 5. The van der Waals surface area contributed by atoms with Crippen LogP contribution in [0.25, 0.3) is 0 Å². The van der Waals surface area contributed by atoms with E-state index in [1.807, 2.05) is 0 Å². The summed E-state index contributed by atoms with van der Waals surface area (Å²) in [5.74, 6) is 2.65. The molecule has 0 bridgehead atoms. The number of aryl methyl sites for hydroxylation is 1. The highest BCUT2D eigenvalue weighted by Crippen LogP contribution is 2.20. The Kier molecular flexibility index (Phi) is 4.02. The Balaban J connectivity index is 1.93. The highest BCUT2D eigenvalue weighted by molar-refractivity contribution is 7.98. The molecule has 1 aromatic rings. The summed E-state index contributed by atoms with van der Waals surface area (Å²) in [5, 5.41) is 7.45. The smallest absolute Gasteiger partial charge is 0.227 e. The molecule has 1 aliphatic rings. The predicted molar refractivity (Wildman–Crippen MR) is 61.0 cm³/mol. The Morgan fingerprint density at radius 2 is 2.47 bits per heavy atom. The molecule has 0 saturated carbocycles. The molecule has 0 aliphatic carbocycles. The summed E-state index contributed by atoms with van der Waals surface area (Å²) in [7, 11) is 0. The predicted octanol–water partition coefficient (Wildman–Crippen LogP) is 1.79. The molecule has 0 radical (unpaired) electrons. The minimum atomic E-state index is 0.311. The minimum absolute atomic E-state index is 0.311. The van der Waals surface area contributed by atoms with Crippen LogP contribution in [0.3, 0.4) is 0 Å². The first-order valence-electron chi connectivity index (χ1n) is 5.45. The van der Waals surface area contributed by atoms with Gasteiger partial charge in [0.2, 0.25) is 5.89 Å². The van der Waals surface area contributed by atoms with E-state index in [1.54, 1.807) is 11.8 Å². The van der Waals surface area contributed by atoms with E-state index in [2.05, 4.69) is 21.7 Å². The quantitative estimate of drug-likeness (QED) is 0.850. The Hall–Kier alpha value is -0.550. The molecule has 2 heterocycles. The summed E-state index contributed by atoms with van der Waals surface area (Å²) in [6.07, 6.45) is 6.60. The molecule has 0 amide bonds. The molecule has 2 rings (SSSR count). The van der Waals surface area contributed by atoms with Crippen LogP contribution in [-0.2, 0) is 6.42 Å². The number of piperidine rings is 1. The Morgan fingerprint density at radius 1 is 1.53 bits per heavy atom. The van der Waals surface area contributed by atoms with Crippen LogP contribution in [0.4, 0.5) is 0 Å². The zero-order valence-electron chi connectivity index (χ0n) is 9.03. The molecule has 0 spiro atoms. The van der Waals surface area contributed by atoms with Crippen molar-refractivity contribution >= 4 is 11.8 Å². The number of rotatable bonds is 4. The van der Waals surface area contributed by atoms with E-state index in [0.717, 1.165) is 36.9 Å². The second-order valence-electron chi connectivity index (χ2n) is 3.79. The molecule has 1 N–H and O–H groups in total. The fraction of sp³-hybridized carbons (Fsp3) is 0.800. The largest absolute Gasteiger partial charge is 0.339 e. The number of hydrogen-bond donors (Lipinski definition) is 1. The number of nitrogens with one attached hydrogen (secondary N) is 1. The van der Waals surface area contributed by atoms with Gasteiger partial charge >= 0.3 is 0 Å². The van der Waals surface area contributed by atoms with Crippen LogP contribution in [0, 0.1) is 0 Å². The van der Waals surface area contributed by atoms with Gasteiger partial charge in [-0.15, -0.1) is 0 Å². The van der Waals surface area contributed by atoms with Crippen LogP contribution in [0.15, 0.2) is 4.52 Å². The standard InChI is InChI=1S/C10H17N3OS/c1-15-7-5-9-12-10(13-14-9)8-4-2-3-6-11-8/h8,11H,2-7H2,1H3. The van der Waals surface area contributed by atoms with Gasteiger partial charge in [-0.25, -0.2) is 0 Å². The van der Waals surface area contributed by atoms with Gasteiger partial charge < -0.3 is 9.84 Å². The van der Waals surface area contributed by atoms with E-state index in [4.69, 9.17) is 4.52 Å². The SMILES string of the molecule is CSCCc1nc(C2CCCCN2)no1. The molecule has 1 aliphatic heterocycles. The van der Waals surface area contributed by atoms with Crippen LogP contribution >= 0.6 is 11.8 Å². The number of thioether (sulfide) groups is 1. The molecule has 1 atom stereocenters. The molecule has 1 unspecified atom stereocenters. The third-order valence-corrected chi connectivity index (χ3v) is 3.24. The fourth-order valence-corrected chi connectivity index (χ4v) is 2.15. The van der Waals surface area contributed by atoms with Gasteiger partial charge in [-0.05, 0) is 25.6 Å². The van der Waals surface area contributed by atoms with E-state index >= 15 is 0 Å². The van der Waals surface area contributed by atoms with Crippen molar-refractivity contribution in [3.63, 3.8) is 0 Å². The summed E-state index contributed by atoms with van der Waals surface area (Å²) in [5.41, 5.74) is 0. The summed E-state index contributed by atoms with van der Waals surface area (Å²) in [6, 6.07) is 0.311. The van der Waals surface area contributed by atoms with Crippen molar-refractivity contribution in [2.75, 3.05) is 18.6 Å². The van der Waals surface area contributed by atoms with Gasteiger partial charge in [0.05, 0.1) is 6.04 Å². The van der Waals surface area contributed by atoms with Crippen LogP contribution in [-0.4, -0.2) is 28.7 Å². The van der Waals surface area contributed by atoms with Gasteiger partial charge in [-0.1, -0.05) is 11.6 Å². The van der Waals surface area contributed by atoms with Crippen molar-refractivity contribution in [3.05, 3.63) is 11.7 Å². The molecular formula is C10H17N3OS. The number of aromatic nitrogens is 2. The topological polar surface area (TPSA) is 51.0 Å². The van der Waals surface area contributed by atoms with Gasteiger partial charge in [0.15, 0.2) is 5.82 Å². The van der Waals surface area contributed by atoms with Crippen molar-refractivity contribution < 1.29 is 4.52 Å². The summed E-state index contributed by atoms with van der Waals surface area (Å²) in [4.78, 5) is 4.42. The van der Waals surface area contributed by atoms with E-state index in [0.29, 0.717) is 6.04 Å². The lowest BCUT2D eigenvalue weighted by Crippen LogP contribution is -2.27. The molecule has 1 aromatic heterocycles. The van der Waals surface area contributed by atoms with Crippen molar-refractivity contribution in [3.8, 4) is 0 Å². The van der Waals surface area contributed by atoms with Crippen LogP contribution in [0.2, 0.25) is 0 Å². The van der Waals surface area contributed by atoms with Crippen LogP contribution < -0.4 is 5.32 Å². The average molecular weight is 227 g/mol. The van der Waals surface area contributed by atoms with E-state index in [9.17, 15) is 0 Å². The molecule has 5 heteroatoms. The Bertz CT molecular complexity index is 297. The zero-order chi connectivity index (χ0) is 10.5. The summed E-state index contributed by atoms with van der Waals surface area (Å²) >= 11 is 1.80. The maximum atomic E-state index is 5.21. The zero-order valence-corrected chi connectivity index (χ0v) is 9.85. The highest BCUT2D eigenvalue weighted by atomic mass is 32.2. The minimum Gasteiger partial charge on any atom is -0.339 e. The second kappa shape index (κ2) is 5.51. The lowest BCUT2D eigenvalue weighted by molar-refractivity contribution is 0.350. The van der Waals surface area contributed by atoms with Gasteiger partial charge in [0.25, 0.3) is 0 Å². The van der Waals surface area contributed by atoms with Gasteiger partial charge in [0, 0.05) is 12.2 Å². The molecule has 4 nitrogen and oxygen atoms in total. The van der Waals surface area contributed by atoms with Gasteiger partial charge in [-0.2, -0.15) is 16.7 Å². The molecule has 15 heavy (non-hydrogen) atoms. The summed E-state index contributed by atoms with van der Waals surface area (Å²) in [6.45, 7) is 1.07. The second-order valence-corrected chi connectivity index (χ2v) is 4.78. The first kappa shape index (κ1) is 11.0. The normalized spacial score (nSPS) is 21.8. The van der Waals surface area contributed by atoms with Gasteiger partial charge in [0.1, 0.15) is 0 Å². The van der Waals surface area contributed by atoms with Crippen LogP contribution in [0.1, 0.15) is 37.0 Å². The van der Waals surface area contributed by atoms with Crippen molar-refractivity contribution in [2.45, 2.75) is 31.7 Å². The van der Waals surface area contributed by atoms with E-state index < -0.39 is 0 Å². The van der Waals surface area contributed by atoms with Crippen molar-refractivity contribution in [1.82, 2.24) is 15.5 Å². The number of nitrogens with zero attached hydrogens (tertiary/aromatic N) is 2. The molecule has 1 fully saturated rings. The first-order valence-corrected chi connectivity index (χ1v) is 6.84. The van der Waals surface area contributed by atoms with Crippen molar-refractivity contribution in [1.29, 1.82) is 0 Å². The molecular weight excluding hydrogens is 210 g/mol. The Morgan fingerprint density at radius 3 is 3.20 bits per heavy atom. The monoisotopic (exact) mass is 227 g/mol. The van der Waals surface area contributed by atoms with Crippen LogP contribution in [0.5, 0.6) is 0 Å². The molecule has 0 aromatic carbocycles. The van der Waals surface area contributed by atoms with Gasteiger partial charge in [-0.3, -0.25) is 0 Å². The third kappa shape index (κ3) is 2.95. The Labute approximate surface area is 94.2 Å².